The van der Waals surface area contributed by atoms with Gasteiger partial charge in [-0.3, -0.25) is 9.59 Å². The van der Waals surface area contributed by atoms with Crippen molar-refractivity contribution in [2.45, 2.75) is 28.4 Å². The Morgan fingerprint density at radius 1 is 1.17 bits per heavy atom. The second-order valence-corrected chi connectivity index (χ2v) is 10.1. The molecule has 3 rings (SSSR count). The van der Waals surface area contributed by atoms with Gasteiger partial charge >= 0.3 is 5.97 Å². The lowest BCUT2D eigenvalue weighted by atomic mass is 10.2. The first-order valence-corrected chi connectivity index (χ1v) is 11.6. The monoisotopic (exact) mass is 448 g/mol. The standard InChI is InChI=1S/C20H20N2O6S2/c1-12-19(24)22-16-11-15(7-8-17(16)29-12)30(26,27)10-9-18(23)21-14-5-3-13(4-6-14)20(25)28-2/h3-8,11-12H,9-10H2,1-2H3,(H,21,23)(H,22,24)/t12-/m0/s1. The van der Waals surface area contributed by atoms with Gasteiger partial charge in [0.25, 0.3) is 0 Å². The molecule has 0 unspecified atom stereocenters. The highest BCUT2D eigenvalue weighted by Crippen LogP contribution is 2.36. The fraction of sp³-hybridized carbons (Fsp3) is 0.250. The first kappa shape index (κ1) is 21.8. The van der Waals surface area contributed by atoms with Crippen molar-refractivity contribution < 1.29 is 27.5 Å². The molecule has 1 aliphatic heterocycles. The third-order valence-corrected chi connectivity index (χ3v) is 7.32. The van der Waals surface area contributed by atoms with E-state index in [1.54, 1.807) is 13.0 Å². The molecule has 0 saturated carbocycles. The Balaban J connectivity index is 1.62. The lowest BCUT2D eigenvalue weighted by Gasteiger charge is -2.21. The molecular formula is C20H20N2O6S2. The minimum Gasteiger partial charge on any atom is -0.465 e. The number of sulfone groups is 1. The predicted molar refractivity (Wildman–Crippen MR) is 113 cm³/mol. The quantitative estimate of drug-likeness (QED) is 0.652. The molecule has 0 aliphatic carbocycles. The Hall–Kier alpha value is -2.85. The van der Waals surface area contributed by atoms with Crippen molar-refractivity contribution in [3.63, 3.8) is 0 Å². The molecule has 0 bridgehead atoms. The van der Waals surface area contributed by atoms with Crippen LogP contribution in [-0.4, -0.2) is 44.3 Å². The highest BCUT2D eigenvalue weighted by molar-refractivity contribution is 8.01. The number of rotatable bonds is 6. The molecular weight excluding hydrogens is 428 g/mol. The number of thioether (sulfide) groups is 1. The third kappa shape index (κ3) is 5.00. The summed E-state index contributed by atoms with van der Waals surface area (Å²) >= 11 is 1.36. The molecule has 0 aromatic heterocycles. The summed E-state index contributed by atoms with van der Waals surface area (Å²) in [4.78, 5) is 36.2. The van der Waals surface area contributed by atoms with E-state index < -0.39 is 21.7 Å². The van der Waals surface area contributed by atoms with Crippen LogP contribution < -0.4 is 10.6 Å². The minimum atomic E-state index is -3.72. The van der Waals surface area contributed by atoms with Crippen molar-refractivity contribution in [1.82, 2.24) is 0 Å². The number of amides is 2. The number of esters is 1. The zero-order chi connectivity index (χ0) is 21.9. The van der Waals surface area contributed by atoms with E-state index in [0.717, 1.165) is 4.90 Å². The van der Waals surface area contributed by atoms with E-state index in [-0.39, 0.29) is 28.2 Å². The number of anilines is 2. The van der Waals surface area contributed by atoms with Crippen LogP contribution in [0.3, 0.4) is 0 Å². The summed E-state index contributed by atoms with van der Waals surface area (Å²) < 4.78 is 29.8. The van der Waals surface area contributed by atoms with Crippen LogP contribution in [-0.2, 0) is 24.2 Å². The van der Waals surface area contributed by atoms with Crippen LogP contribution in [0.25, 0.3) is 0 Å². The number of hydrogen-bond acceptors (Lipinski definition) is 7. The van der Waals surface area contributed by atoms with Crippen LogP contribution in [0.15, 0.2) is 52.3 Å². The molecule has 0 fully saturated rings. The summed E-state index contributed by atoms with van der Waals surface area (Å²) in [5, 5.41) is 5.05. The number of fused-ring (bicyclic) bond motifs is 1. The van der Waals surface area contributed by atoms with Crippen LogP contribution in [0.4, 0.5) is 11.4 Å². The lowest BCUT2D eigenvalue weighted by molar-refractivity contribution is -0.116. The van der Waals surface area contributed by atoms with Crippen LogP contribution >= 0.6 is 11.8 Å². The average molecular weight is 449 g/mol. The zero-order valence-corrected chi connectivity index (χ0v) is 17.9. The summed E-state index contributed by atoms with van der Waals surface area (Å²) in [6.45, 7) is 1.77. The third-order valence-electron chi connectivity index (χ3n) is 4.43. The van der Waals surface area contributed by atoms with E-state index in [4.69, 9.17) is 0 Å². The van der Waals surface area contributed by atoms with Gasteiger partial charge in [0.05, 0.1) is 34.3 Å². The van der Waals surface area contributed by atoms with Gasteiger partial charge in [0.2, 0.25) is 11.8 Å². The van der Waals surface area contributed by atoms with Crippen LogP contribution in [0, 0.1) is 0 Å². The smallest absolute Gasteiger partial charge is 0.337 e. The molecule has 1 aliphatic rings. The number of benzene rings is 2. The maximum absolute atomic E-state index is 12.6. The molecule has 30 heavy (non-hydrogen) atoms. The second-order valence-electron chi connectivity index (χ2n) is 6.59. The fourth-order valence-electron chi connectivity index (χ4n) is 2.76. The largest absolute Gasteiger partial charge is 0.465 e. The molecule has 2 amide bonds. The molecule has 2 aromatic rings. The van der Waals surface area contributed by atoms with Crippen LogP contribution in [0.5, 0.6) is 0 Å². The number of nitrogens with one attached hydrogen (secondary N) is 2. The molecule has 2 N–H and O–H groups in total. The highest BCUT2D eigenvalue weighted by atomic mass is 32.2. The van der Waals surface area contributed by atoms with Crippen molar-refractivity contribution in [3.8, 4) is 0 Å². The van der Waals surface area contributed by atoms with Gasteiger partial charge in [0.15, 0.2) is 9.84 Å². The zero-order valence-electron chi connectivity index (χ0n) is 16.3. The van der Waals surface area contributed by atoms with Gasteiger partial charge in [-0.15, -0.1) is 11.8 Å². The van der Waals surface area contributed by atoms with Crippen molar-refractivity contribution in [3.05, 3.63) is 48.0 Å². The molecule has 8 nitrogen and oxygen atoms in total. The van der Waals surface area contributed by atoms with Gasteiger partial charge in [-0.2, -0.15) is 0 Å². The predicted octanol–water partition coefficient (Wildman–Crippen LogP) is 2.71. The maximum Gasteiger partial charge on any atom is 0.337 e. The Kier molecular flexibility index (Phi) is 6.47. The van der Waals surface area contributed by atoms with Crippen molar-refractivity contribution in [1.29, 1.82) is 0 Å². The van der Waals surface area contributed by atoms with E-state index in [9.17, 15) is 22.8 Å². The summed E-state index contributed by atoms with van der Waals surface area (Å²) in [7, 11) is -2.44. The Morgan fingerprint density at radius 2 is 1.87 bits per heavy atom. The average Bonchev–Trinajstić information content (AvgIpc) is 2.73. The van der Waals surface area contributed by atoms with E-state index in [2.05, 4.69) is 15.4 Å². The highest BCUT2D eigenvalue weighted by Gasteiger charge is 2.25. The van der Waals surface area contributed by atoms with E-state index in [0.29, 0.717) is 16.9 Å². The topological polar surface area (TPSA) is 119 Å². The molecule has 1 atom stereocenters. The maximum atomic E-state index is 12.6. The first-order valence-electron chi connectivity index (χ1n) is 9.02. The van der Waals surface area contributed by atoms with Crippen LogP contribution in [0.1, 0.15) is 23.7 Å². The van der Waals surface area contributed by atoms with Crippen LogP contribution in [0.2, 0.25) is 0 Å². The molecule has 1 heterocycles. The summed E-state index contributed by atoms with van der Waals surface area (Å²) in [6, 6.07) is 10.6. The number of hydrogen-bond donors (Lipinski definition) is 2. The van der Waals surface area contributed by atoms with Crippen molar-refractivity contribution >= 4 is 50.8 Å². The SMILES string of the molecule is COC(=O)c1ccc(NC(=O)CCS(=O)(=O)c2ccc3c(c2)NC(=O)[C@H](C)S3)cc1. The number of methoxy groups -OCH3 is 1. The summed E-state index contributed by atoms with van der Waals surface area (Å²) in [6.07, 6.45) is -0.240. The Bertz CT molecular complexity index is 1100. The molecule has 10 heteroatoms. The molecule has 0 radical (unpaired) electrons. The molecule has 2 aromatic carbocycles. The van der Waals surface area contributed by atoms with E-state index in [1.165, 1.54) is 55.3 Å². The summed E-state index contributed by atoms with van der Waals surface area (Å²) in [5.74, 6) is -1.53. The number of ether oxygens (including phenoxy) is 1. The Labute approximate surface area is 178 Å². The number of carbonyl (C=O) groups excluding carboxylic acids is 3. The second kappa shape index (κ2) is 8.88. The van der Waals surface area contributed by atoms with Gasteiger partial charge in [-0.25, -0.2) is 13.2 Å². The van der Waals surface area contributed by atoms with Gasteiger partial charge < -0.3 is 15.4 Å². The van der Waals surface area contributed by atoms with E-state index >= 15 is 0 Å². The van der Waals surface area contributed by atoms with E-state index in [1.807, 2.05) is 0 Å². The number of carbonyl (C=O) groups is 3. The van der Waals surface area contributed by atoms with Crippen molar-refractivity contribution in [2.75, 3.05) is 23.5 Å². The molecule has 0 spiro atoms. The van der Waals surface area contributed by atoms with Gasteiger partial charge in [-0.05, 0) is 49.4 Å². The van der Waals surface area contributed by atoms with Crippen molar-refractivity contribution in [2.24, 2.45) is 0 Å². The fourth-order valence-corrected chi connectivity index (χ4v) is 4.95. The van der Waals surface area contributed by atoms with Gasteiger partial charge in [0.1, 0.15) is 0 Å². The lowest BCUT2D eigenvalue weighted by Crippen LogP contribution is -2.26. The Morgan fingerprint density at radius 3 is 2.53 bits per heavy atom. The van der Waals surface area contributed by atoms with Gasteiger partial charge in [0, 0.05) is 17.0 Å². The molecule has 0 saturated heterocycles. The molecule has 158 valence electrons. The normalized spacial score (nSPS) is 15.7. The van der Waals surface area contributed by atoms with Gasteiger partial charge in [-0.1, -0.05) is 0 Å². The summed E-state index contributed by atoms with van der Waals surface area (Å²) in [5.41, 5.74) is 1.23. The minimum absolute atomic E-state index is 0.0481. The first-order chi connectivity index (χ1) is 14.2.